The molecular weight excluding hydrogens is 678 g/mol. The minimum atomic E-state index is -1.08. The monoisotopic (exact) mass is 729 g/mol. The highest BCUT2D eigenvalue weighted by Gasteiger charge is 2.55. The zero-order valence-electron chi connectivity index (χ0n) is 30.7. The molecule has 278 valence electrons. The highest BCUT2D eigenvalue weighted by molar-refractivity contribution is 6.30. The van der Waals surface area contributed by atoms with Crippen molar-refractivity contribution in [1.82, 2.24) is 9.88 Å². The van der Waals surface area contributed by atoms with Gasteiger partial charge >= 0.3 is 5.97 Å². The van der Waals surface area contributed by atoms with E-state index in [4.69, 9.17) is 30.5 Å². The van der Waals surface area contributed by atoms with Gasteiger partial charge in [0.15, 0.2) is 11.5 Å². The summed E-state index contributed by atoms with van der Waals surface area (Å²) in [6.07, 6.45) is 9.65. The molecule has 3 aromatic rings. The number of aliphatic carboxylic acids is 1. The van der Waals surface area contributed by atoms with E-state index in [1.165, 1.54) is 35.2 Å². The molecule has 10 heteroatoms. The molecule has 52 heavy (non-hydrogen) atoms. The molecule has 2 aromatic carbocycles. The first-order chi connectivity index (χ1) is 25.2. The number of pyridine rings is 1. The van der Waals surface area contributed by atoms with E-state index < -0.39 is 11.5 Å². The number of carboxylic acid groups (broad SMARTS) is 1. The number of benzene rings is 2. The Morgan fingerprint density at radius 2 is 1.88 bits per heavy atom. The Kier molecular flexibility index (Phi) is 9.81. The summed E-state index contributed by atoms with van der Waals surface area (Å²) in [6.45, 7) is 8.39. The molecule has 2 N–H and O–H groups in total. The predicted molar refractivity (Wildman–Crippen MR) is 201 cm³/mol. The molecular formula is C42H52ClN3O6. The van der Waals surface area contributed by atoms with Crippen LogP contribution in [0.1, 0.15) is 87.1 Å². The summed E-state index contributed by atoms with van der Waals surface area (Å²) in [7, 11) is 1.73. The van der Waals surface area contributed by atoms with Crippen LogP contribution in [-0.2, 0) is 27.8 Å². The number of fused-ring (bicyclic) bond motifs is 5. The number of aryl methyl sites for hydroxylation is 1. The Morgan fingerprint density at radius 3 is 2.62 bits per heavy atom. The highest BCUT2D eigenvalue weighted by atomic mass is 35.5. The number of carbonyl (C=O) groups is 1. The van der Waals surface area contributed by atoms with Crippen LogP contribution in [0.15, 0.2) is 48.7 Å². The van der Waals surface area contributed by atoms with Gasteiger partial charge in [-0.25, -0.2) is 4.79 Å². The largest absolute Gasteiger partial charge is 0.493 e. The number of likely N-dealkylation sites (tertiary alicyclic amines) is 1. The smallest absolute Gasteiger partial charge is 0.329 e. The van der Waals surface area contributed by atoms with Crippen molar-refractivity contribution in [2.24, 2.45) is 11.8 Å². The average molecular weight is 730 g/mol. The lowest BCUT2D eigenvalue weighted by Gasteiger charge is -2.47. The van der Waals surface area contributed by atoms with E-state index in [-0.39, 0.29) is 17.6 Å². The maximum atomic E-state index is 13.0. The summed E-state index contributed by atoms with van der Waals surface area (Å²) in [5.74, 6) is 2.89. The van der Waals surface area contributed by atoms with Crippen molar-refractivity contribution in [1.29, 1.82) is 0 Å². The van der Waals surface area contributed by atoms with Crippen LogP contribution in [0.3, 0.4) is 0 Å². The third-order valence-electron chi connectivity index (χ3n) is 12.8. The SMILES string of the molecule is COCCN1C[C@@H]2Oc3cc4c(cc3O[C@@H]2C1)C[C@H](C[C@@H](C)COc1ccnc2c1[C@H](C)CCC2)C41CCC(Nc2cccc(Cl)c2)(C(=O)O)CC1. The first-order valence-electron chi connectivity index (χ1n) is 19.3. The average Bonchev–Trinajstić information content (AvgIpc) is 3.65. The van der Waals surface area contributed by atoms with Gasteiger partial charge in [0, 0.05) is 54.9 Å². The van der Waals surface area contributed by atoms with E-state index in [1.807, 2.05) is 36.5 Å². The van der Waals surface area contributed by atoms with Crippen LogP contribution >= 0.6 is 11.6 Å². The van der Waals surface area contributed by atoms with Crippen molar-refractivity contribution in [2.45, 2.75) is 101 Å². The van der Waals surface area contributed by atoms with Crippen LogP contribution < -0.4 is 19.5 Å². The number of halogens is 1. The highest BCUT2D eigenvalue weighted by Crippen LogP contribution is 2.58. The molecule has 2 aliphatic heterocycles. The number of rotatable bonds is 11. The normalized spacial score (nSPS) is 29.6. The van der Waals surface area contributed by atoms with Crippen LogP contribution in [0.4, 0.5) is 5.69 Å². The van der Waals surface area contributed by atoms with Crippen LogP contribution in [0.25, 0.3) is 0 Å². The zero-order valence-corrected chi connectivity index (χ0v) is 31.4. The number of carboxylic acids is 1. The molecule has 5 atom stereocenters. The lowest BCUT2D eigenvalue weighted by molar-refractivity contribution is -0.144. The number of hydrogen-bond donors (Lipinski definition) is 2. The Bertz CT molecular complexity index is 1790. The van der Waals surface area contributed by atoms with Gasteiger partial charge in [-0.15, -0.1) is 0 Å². The fourth-order valence-corrected chi connectivity index (χ4v) is 10.3. The van der Waals surface area contributed by atoms with Crippen molar-refractivity contribution < 1.29 is 28.8 Å². The number of hydrogen-bond acceptors (Lipinski definition) is 8. The van der Waals surface area contributed by atoms with E-state index in [0.717, 1.165) is 74.7 Å². The summed E-state index contributed by atoms with van der Waals surface area (Å²) in [6, 6.07) is 13.9. The number of methoxy groups -OCH3 is 1. The first kappa shape index (κ1) is 35.5. The van der Waals surface area contributed by atoms with E-state index in [1.54, 1.807) is 7.11 Å². The summed E-state index contributed by atoms with van der Waals surface area (Å²) in [5.41, 5.74) is 4.55. The fourth-order valence-electron chi connectivity index (χ4n) is 10.1. The van der Waals surface area contributed by atoms with E-state index in [0.29, 0.717) is 48.8 Å². The van der Waals surface area contributed by atoms with Gasteiger partial charge in [0.05, 0.1) is 13.2 Å². The molecule has 0 amide bonds. The Balaban J connectivity index is 1.05. The van der Waals surface area contributed by atoms with Crippen LogP contribution in [0.2, 0.25) is 5.02 Å². The minimum Gasteiger partial charge on any atom is -0.493 e. The maximum Gasteiger partial charge on any atom is 0.329 e. The second kappa shape index (κ2) is 14.4. The molecule has 1 aromatic heterocycles. The maximum absolute atomic E-state index is 13.0. The van der Waals surface area contributed by atoms with E-state index in [2.05, 4.69) is 41.2 Å². The Labute approximate surface area is 312 Å². The molecule has 2 fully saturated rings. The molecule has 1 saturated heterocycles. The van der Waals surface area contributed by atoms with Gasteiger partial charge in [0.2, 0.25) is 0 Å². The molecule has 1 spiro atoms. The van der Waals surface area contributed by atoms with E-state index >= 15 is 0 Å². The van der Waals surface area contributed by atoms with Crippen molar-refractivity contribution in [3.05, 3.63) is 76.1 Å². The number of ether oxygens (including phenoxy) is 4. The fraction of sp³-hybridized carbons (Fsp3) is 0.571. The van der Waals surface area contributed by atoms with Crippen molar-refractivity contribution in [3.63, 3.8) is 0 Å². The van der Waals surface area contributed by atoms with Crippen molar-refractivity contribution >= 4 is 23.3 Å². The number of anilines is 1. The van der Waals surface area contributed by atoms with Crippen LogP contribution in [0, 0.1) is 11.8 Å². The van der Waals surface area contributed by atoms with Crippen LogP contribution in [-0.4, -0.2) is 78.7 Å². The van der Waals surface area contributed by atoms with Gasteiger partial charge in [0.25, 0.3) is 0 Å². The first-order valence-corrected chi connectivity index (χ1v) is 19.6. The molecule has 0 bridgehead atoms. The van der Waals surface area contributed by atoms with Gasteiger partial charge < -0.3 is 29.4 Å². The van der Waals surface area contributed by atoms with Crippen molar-refractivity contribution in [2.75, 3.05) is 45.3 Å². The number of nitrogens with one attached hydrogen (secondary N) is 1. The van der Waals surface area contributed by atoms with Gasteiger partial charge in [0.1, 0.15) is 23.5 Å². The third-order valence-corrected chi connectivity index (χ3v) is 13.0. The molecule has 1 saturated carbocycles. The van der Waals surface area contributed by atoms with Gasteiger partial charge in [-0.05, 0) is 128 Å². The Morgan fingerprint density at radius 1 is 1.12 bits per heavy atom. The molecule has 3 aliphatic carbocycles. The predicted octanol–water partition coefficient (Wildman–Crippen LogP) is 7.67. The molecule has 0 radical (unpaired) electrons. The molecule has 5 aliphatic rings. The van der Waals surface area contributed by atoms with Gasteiger partial charge in [-0.3, -0.25) is 9.88 Å². The molecule has 9 nitrogen and oxygen atoms in total. The number of nitrogens with zero attached hydrogens (tertiary/aromatic N) is 2. The van der Waals surface area contributed by atoms with Crippen molar-refractivity contribution in [3.8, 4) is 17.2 Å². The topological polar surface area (TPSA) is 102 Å². The second-order valence-electron chi connectivity index (χ2n) is 16.2. The zero-order chi connectivity index (χ0) is 36.0. The third kappa shape index (κ3) is 6.62. The minimum absolute atomic E-state index is 0.00387. The lowest BCUT2D eigenvalue weighted by atomic mass is 9.59. The quantitative estimate of drug-likeness (QED) is 0.206. The van der Waals surface area contributed by atoms with Gasteiger partial charge in [-0.1, -0.05) is 31.5 Å². The number of aromatic nitrogens is 1. The molecule has 8 rings (SSSR count). The Hall–Kier alpha value is -3.53. The van der Waals surface area contributed by atoms with Gasteiger partial charge in [-0.2, -0.15) is 0 Å². The molecule has 3 heterocycles. The van der Waals surface area contributed by atoms with Crippen LogP contribution in [0.5, 0.6) is 17.2 Å². The van der Waals surface area contributed by atoms with E-state index in [9.17, 15) is 9.90 Å². The summed E-state index contributed by atoms with van der Waals surface area (Å²) < 4.78 is 25.3. The standard InChI is InChI=1S/C42H52ClN3O6/c1-26(25-50-34-10-15-44-33-9-4-6-27(2)39(33)34)18-29-19-28-20-35-36(52-38-24-46(16-17-49-3)23-37(38)51-35)22-32(28)41(29)11-13-42(14-12-41,40(47)48)45-31-8-5-7-30(43)21-31/h5,7-8,10,15,20-22,26-27,29,37-38,45H,4,6,9,11-14,16-19,23-25H2,1-3H3,(H,47,48)/t26-,27-,29+,37-,38+,41?,42?/m1/s1. The summed E-state index contributed by atoms with van der Waals surface area (Å²) in [4.78, 5) is 20.1. The summed E-state index contributed by atoms with van der Waals surface area (Å²) >= 11 is 6.31. The summed E-state index contributed by atoms with van der Waals surface area (Å²) in [5, 5.41) is 14.7. The second-order valence-corrected chi connectivity index (χ2v) is 16.7. The lowest BCUT2D eigenvalue weighted by Crippen LogP contribution is -2.53. The molecule has 0 unspecified atom stereocenters.